The van der Waals surface area contributed by atoms with E-state index in [2.05, 4.69) is 10.3 Å². The van der Waals surface area contributed by atoms with E-state index in [1.165, 1.54) is 7.11 Å². The van der Waals surface area contributed by atoms with Gasteiger partial charge in [-0.15, -0.1) is 0 Å². The third kappa shape index (κ3) is 2.96. The molecule has 1 aromatic heterocycles. The van der Waals surface area contributed by atoms with Crippen molar-refractivity contribution in [2.24, 2.45) is 0 Å². The predicted octanol–water partition coefficient (Wildman–Crippen LogP) is 2.73. The summed E-state index contributed by atoms with van der Waals surface area (Å²) < 4.78 is 31.7. The number of methoxy groups -OCH3 is 1. The Morgan fingerprint density at radius 3 is 2.60 bits per heavy atom. The lowest BCUT2D eigenvalue weighted by Crippen LogP contribution is -2.08. The lowest BCUT2D eigenvalue weighted by molar-refractivity contribution is 0.371. The SMILES string of the molecule is COc1cccc(CCNc2c(F)cncc2F)c1O. The number of phenols is 1. The fraction of sp³-hybridized carbons (Fsp3) is 0.214. The number of nitrogens with zero attached hydrogens (tertiary/aromatic N) is 1. The van der Waals surface area contributed by atoms with E-state index in [1.807, 2.05) is 0 Å². The number of halogens is 2. The third-order valence-corrected chi connectivity index (χ3v) is 2.85. The maximum absolute atomic E-state index is 13.3. The minimum absolute atomic E-state index is 0.0347. The number of para-hydroxylation sites is 1. The van der Waals surface area contributed by atoms with Crippen molar-refractivity contribution in [1.29, 1.82) is 0 Å². The van der Waals surface area contributed by atoms with Gasteiger partial charge in [-0.2, -0.15) is 0 Å². The monoisotopic (exact) mass is 280 g/mol. The van der Waals surface area contributed by atoms with Crippen molar-refractivity contribution >= 4 is 5.69 Å². The fourth-order valence-corrected chi connectivity index (χ4v) is 1.84. The van der Waals surface area contributed by atoms with Gasteiger partial charge in [0.15, 0.2) is 23.1 Å². The highest BCUT2D eigenvalue weighted by Gasteiger charge is 2.10. The molecule has 0 bridgehead atoms. The standard InChI is InChI=1S/C14H14F2N2O2/c1-20-12-4-2-3-9(14(12)19)5-6-18-13-10(15)7-17-8-11(13)16/h2-4,7-8,19H,5-6H2,1H3,(H,17,18). The average molecular weight is 280 g/mol. The molecule has 4 nitrogen and oxygen atoms in total. The summed E-state index contributed by atoms with van der Waals surface area (Å²) in [7, 11) is 1.46. The largest absolute Gasteiger partial charge is 0.504 e. The molecule has 1 aromatic carbocycles. The molecule has 20 heavy (non-hydrogen) atoms. The topological polar surface area (TPSA) is 54.4 Å². The van der Waals surface area contributed by atoms with Crippen LogP contribution in [0, 0.1) is 11.6 Å². The van der Waals surface area contributed by atoms with Gasteiger partial charge in [-0.1, -0.05) is 12.1 Å². The minimum atomic E-state index is -0.750. The van der Waals surface area contributed by atoms with Crippen LogP contribution in [0.2, 0.25) is 0 Å². The van der Waals surface area contributed by atoms with Crippen molar-refractivity contribution in [2.45, 2.75) is 6.42 Å². The smallest absolute Gasteiger partial charge is 0.167 e. The van der Waals surface area contributed by atoms with Crippen molar-refractivity contribution in [1.82, 2.24) is 4.98 Å². The maximum atomic E-state index is 13.3. The summed E-state index contributed by atoms with van der Waals surface area (Å²) in [6, 6.07) is 5.09. The maximum Gasteiger partial charge on any atom is 0.167 e. The Kier molecular flexibility index (Phi) is 4.34. The summed E-state index contributed by atoms with van der Waals surface area (Å²) in [5.41, 5.74) is 0.411. The molecule has 6 heteroatoms. The number of hydrogen-bond donors (Lipinski definition) is 2. The number of benzene rings is 1. The molecule has 2 rings (SSSR count). The normalized spacial score (nSPS) is 10.3. The molecular formula is C14H14F2N2O2. The van der Waals surface area contributed by atoms with Gasteiger partial charge < -0.3 is 15.2 Å². The number of phenolic OH excluding ortho intramolecular Hbond substituents is 1. The van der Waals surface area contributed by atoms with Crippen molar-refractivity contribution in [3.8, 4) is 11.5 Å². The van der Waals surface area contributed by atoms with E-state index in [1.54, 1.807) is 18.2 Å². The van der Waals surface area contributed by atoms with Crippen LogP contribution >= 0.6 is 0 Å². The van der Waals surface area contributed by atoms with E-state index >= 15 is 0 Å². The summed E-state index contributed by atoms with van der Waals surface area (Å²) in [4.78, 5) is 3.40. The van der Waals surface area contributed by atoms with E-state index in [0.717, 1.165) is 12.4 Å². The first-order valence-corrected chi connectivity index (χ1v) is 6.01. The fourth-order valence-electron chi connectivity index (χ4n) is 1.84. The Balaban J connectivity index is 2.03. The minimum Gasteiger partial charge on any atom is -0.504 e. The zero-order valence-corrected chi connectivity index (χ0v) is 10.9. The van der Waals surface area contributed by atoms with Crippen molar-refractivity contribution in [2.75, 3.05) is 19.0 Å². The van der Waals surface area contributed by atoms with Crippen LogP contribution in [0.25, 0.3) is 0 Å². The Morgan fingerprint density at radius 2 is 1.95 bits per heavy atom. The van der Waals surface area contributed by atoms with Crippen molar-refractivity contribution < 1.29 is 18.6 Å². The molecule has 0 atom stereocenters. The van der Waals surface area contributed by atoms with Gasteiger partial charge in [0, 0.05) is 6.54 Å². The summed E-state index contributed by atoms with van der Waals surface area (Å²) in [5.74, 6) is -1.10. The molecule has 0 unspecified atom stereocenters. The summed E-state index contributed by atoms with van der Waals surface area (Å²) in [6.45, 7) is 0.262. The Bertz CT molecular complexity index is 585. The number of nitrogens with one attached hydrogen (secondary N) is 1. The molecule has 0 amide bonds. The van der Waals surface area contributed by atoms with Crippen LogP contribution in [0.3, 0.4) is 0 Å². The highest BCUT2D eigenvalue weighted by molar-refractivity contribution is 5.47. The molecule has 0 saturated carbocycles. The first-order chi connectivity index (χ1) is 9.63. The van der Waals surface area contributed by atoms with E-state index < -0.39 is 11.6 Å². The molecule has 2 N–H and O–H groups in total. The molecule has 0 saturated heterocycles. The summed E-state index contributed by atoms with van der Waals surface area (Å²) in [5, 5.41) is 12.5. The number of rotatable bonds is 5. The molecule has 1 heterocycles. The van der Waals surface area contributed by atoms with Crippen LogP contribution in [0.1, 0.15) is 5.56 Å². The van der Waals surface area contributed by atoms with E-state index in [0.29, 0.717) is 17.7 Å². The van der Waals surface area contributed by atoms with Crippen LogP contribution in [0.4, 0.5) is 14.5 Å². The summed E-state index contributed by atoms with van der Waals surface area (Å²) >= 11 is 0. The number of anilines is 1. The zero-order chi connectivity index (χ0) is 14.5. The van der Waals surface area contributed by atoms with Gasteiger partial charge in [-0.25, -0.2) is 8.78 Å². The number of ether oxygens (including phenoxy) is 1. The first-order valence-electron chi connectivity index (χ1n) is 6.01. The first kappa shape index (κ1) is 14.0. The number of aromatic nitrogens is 1. The molecule has 0 aliphatic carbocycles. The van der Waals surface area contributed by atoms with E-state index in [-0.39, 0.29) is 18.0 Å². The van der Waals surface area contributed by atoms with Gasteiger partial charge in [0.25, 0.3) is 0 Å². The average Bonchev–Trinajstić information content (AvgIpc) is 2.44. The quantitative estimate of drug-likeness (QED) is 0.884. The van der Waals surface area contributed by atoms with Gasteiger partial charge >= 0.3 is 0 Å². The van der Waals surface area contributed by atoms with Gasteiger partial charge in [0.05, 0.1) is 19.5 Å². The lowest BCUT2D eigenvalue weighted by Gasteiger charge is -2.11. The summed E-state index contributed by atoms with van der Waals surface area (Å²) in [6.07, 6.45) is 2.27. The predicted molar refractivity (Wildman–Crippen MR) is 71.0 cm³/mol. The van der Waals surface area contributed by atoms with Crippen LogP contribution < -0.4 is 10.1 Å². The molecule has 106 valence electrons. The molecule has 2 aromatic rings. The molecule has 0 radical (unpaired) electrons. The van der Waals surface area contributed by atoms with Gasteiger partial charge in [-0.3, -0.25) is 4.98 Å². The van der Waals surface area contributed by atoms with E-state index in [4.69, 9.17) is 4.74 Å². The Morgan fingerprint density at radius 1 is 1.25 bits per heavy atom. The number of hydrogen-bond acceptors (Lipinski definition) is 4. The van der Waals surface area contributed by atoms with Crippen LogP contribution in [0.5, 0.6) is 11.5 Å². The lowest BCUT2D eigenvalue weighted by atomic mass is 10.1. The second-order valence-electron chi connectivity index (χ2n) is 4.12. The van der Waals surface area contributed by atoms with Gasteiger partial charge in [0.2, 0.25) is 0 Å². The third-order valence-electron chi connectivity index (χ3n) is 2.85. The van der Waals surface area contributed by atoms with E-state index in [9.17, 15) is 13.9 Å². The second kappa shape index (κ2) is 6.18. The van der Waals surface area contributed by atoms with Gasteiger partial charge in [0.1, 0.15) is 5.69 Å². The second-order valence-corrected chi connectivity index (χ2v) is 4.12. The highest BCUT2D eigenvalue weighted by atomic mass is 19.1. The molecule has 0 fully saturated rings. The molecular weight excluding hydrogens is 266 g/mol. The Labute approximate surface area is 115 Å². The molecule has 0 aliphatic rings. The van der Waals surface area contributed by atoms with Crippen LogP contribution in [-0.4, -0.2) is 23.7 Å². The zero-order valence-electron chi connectivity index (χ0n) is 10.9. The van der Waals surface area contributed by atoms with Crippen LogP contribution in [-0.2, 0) is 6.42 Å². The number of aromatic hydroxyl groups is 1. The number of pyridine rings is 1. The molecule has 0 spiro atoms. The Hall–Kier alpha value is -2.37. The highest BCUT2D eigenvalue weighted by Crippen LogP contribution is 2.29. The van der Waals surface area contributed by atoms with Crippen LogP contribution in [0.15, 0.2) is 30.6 Å². The molecule has 0 aliphatic heterocycles. The van der Waals surface area contributed by atoms with Crippen molar-refractivity contribution in [3.05, 3.63) is 47.8 Å². The van der Waals surface area contributed by atoms with Gasteiger partial charge in [-0.05, 0) is 18.1 Å². The van der Waals surface area contributed by atoms with Crippen molar-refractivity contribution in [3.63, 3.8) is 0 Å².